The van der Waals surface area contributed by atoms with Crippen LogP contribution in [0.4, 0.5) is 0 Å². The molecule has 1 aromatic heterocycles. The number of rotatable bonds is 4. The first kappa shape index (κ1) is 13.8. The predicted molar refractivity (Wildman–Crippen MR) is 76.2 cm³/mol. The molecule has 1 atom stereocenters. The number of ether oxygens (including phenoxy) is 1. The zero-order valence-corrected chi connectivity index (χ0v) is 12.3. The van der Waals surface area contributed by atoms with E-state index >= 15 is 0 Å². The van der Waals surface area contributed by atoms with Gasteiger partial charge in [0.15, 0.2) is 0 Å². The minimum absolute atomic E-state index is 0.525. The molecule has 0 aliphatic carbocycles. The summed E-state index contributed by atoms with van der Waals surface area (Å²) >= 11 is 1.70. The largest absolute Gasteiger partial charge is 0.381 e. The Balaban J connectivity index is 2.25. The Morgan fingerprint density at radius 3 is 2.89 bits per heavy atom. The first-order valence-corrected chi connectivity index (χ1v) is 7.69. The van der Waals surface area contributed by atoms with Crippen molar-refractivity contribution in [1.29, 1.82) is 0 Å². The third kappa shape index (κ3) is 3.46. The van der Waals surface area contributed by atoms with Gasteiger partial charge in [-0.25, -0.2) is 4.98 Å². The molecule has 3 nitrogen and oxygen atoms in total. The van der Waals surface area contributed by atoms with Gasteiger partial charge in [0.25, 0.3) is 0 Å². The van der Waals surface area contributed by atoms with E-state index in [1.165, 1.54) is 17.7 Å². The van der Waals surface area contributed by atoms with E-state index in [2.05, 4.69) is 37.4 Å². The van der Waals surface area contributed by atoms with Gasteiger partial charge in [-0.2, -0.15) is 0 Å². The summed E-state index contributed by atoms with van der Waals surface area (Å²) in [5.41, 5.74) is 2.59. The number of nitrogens with zero attached hydrogens (tertiary/aromatic N) is 2. The summed E-state index contributed by atoms with van der Waals surface area (Å²) in [6, 6.07) is 4.38. The van der Waals surface area contributed by atoms with Gasteiger partial charge in [-0.1, -0.05) is 6.07 Å². The molecule has 100 valence electrons. The summed E-state index contributed by atoms with van der Waals surface area (Å²) in [5, 5.41) is 1.10. The van der Waals surface area contributed by atoms with Gasteiger partial charge in [-0.15, -0.1) is 11.8 Å². The van der Waals surface area contributed by atoms with E-state index in [1.54, 1.807) is 11.8 Å². The zero-order chi connectivity index (χ0) is 13.0. The topological polar surface area (TPSA) is 25.4 Å². The molecule has 0 N–H and O–H groups in total. The molecule has 4 heteroatoms. The average Bonchev–Trinajstić information content (AvgIpc) is 2.39. The predicted octanol–water partition coefficient (Wildman–Crippen LogP) is 2.76. The molecule has 2 rings (SSSR count). The summed E-state index contributed by atoms with van der Waals surface area (Å²) in [6.45, 7) is 2.66. The summed E-state index contributed by atoms with van der Waals surface area (Å²) in [6.07, 6.45) is 4.46. The summed E-state index contributed by atoms with van der Waals surface area (Å²) in [5.74, 6) is 0.525. The minimum Gasteiger partial charge on any atom is -0.381 e. The molecule has 1 unspecified atom stereocenters. The van der Waals surface area contributed by atoms with Crippen LogP contribution < -0.4 is 0 Å². The smallest absolute Gasteiger partial charge is 0.0961 e. The molecular formula is C14H22N2OS. The van der Waals surface area contributed by atoms with Gasteiger partial charge in [-0.05, 0) is 44.8 Å². The lowest BCUT2D eigenvalue weighted by Crippen LogP contribution is -2.20. The molecule has 0 saturated carbocycles. The maximum Gasteiger partial charge on any atom is 0.0961 e. The molecular weight excluding hydrogens is 244 g/mol. The van der Waals surface area contributed by atoms with Crippen LogP contribution in [0, 0.1) is 0 Å². The Labute approximate surface area is 114 Å². The van der Waals surface area contributed by atoms with Gasteiger partial charge in [-0.3, -0.25) is 0 Å². The van der Waals surface area contributed by atoms with E-state index in [0.29, 0.717) is 5.92 Å². The molecule has 18 heavy (non-hydrogen) atoms. The van der Waals surface area contributed by atoms with Gasteiger partial charge in [0.2, 0.25) is 0 Å². The SMILES string of the molecule is CSc1ccc(C2CCCOC2)c(CN(C)C)n1. The Hall–Kier alpha value is -0.580. The molecule has 0 aromatic carbocycles. The standard InChI is InChI=1S/C14H22N2OS/c1-16(2)9-13-12(6-7-14(15-13)18-3)11-5-4-8-17-10-11/h6-7,11H,4-5,8-10H2,1-3H3. The monoisotopic (exact) mass is 266 g/mol. The fourth-order valence-corrected chi connectivity index (χ4v) is 2.80. The van der Waals surface area contributed by atoms with Crippen LogP contribution in [0.1, 0.15) is 30.0 Å². The highest BCUT2D eigenvalue weighted by molar-refractivity contribution is 7.98. The molecule has 2 heterocycles. The normalized spacial score (nSPS) is 20.3. The van der Waals surface area contributed by atoms with Crippen LogP contribution in [0.15, 0.2) is 17.2 Å². The zero-order valence-electron chi connectivity index (χ0n) is 11.5. The van der Waals surface area contributed by atoms with Gasteiger partial charge in [0.05, 0.1) is 17.3 Å². The Morgan fingerprint density at radius 1 is 1.44 bits per heavy atom. The Bertz CT molecular complexity index is 389. The molecule has 0 spiro atoms. The number of thioether (sulfide) groups is 1. The maximum atomic E-state index is 5.61. The molecule has 1 aromatic rings. The van der Waals surface area contributed by atoms with Crippen molar-refractivity contribution in [2.24, 2.45) is 0 Å². The first-order chi connectivity index (χ1) is 8.70. The van der Waals surface area contributed by atoms with E-state index in [-0.39, 0.29) is 0 Å². The second kappa shape index (κ2) is 6.55. The van der Waals surface area contributed by atoms with E-state index in [0.717, 1.165) is 31.2 Å². The number of hydrogen-bond donors (Lipinski definition) is 0. The van der Waals surface area contributed by atoms with Crippen LogP contribution in [0.2, 0.25) is 0 Å². The maximum absolute atomic E-state index is 5.61. The molecule has 1 aliphatic rings. The highest BCUT2D eigenvalue weighted by atomic mass is 32.2. The lowest BCUT2D eigenvalue weighted by Gasteiger charge is -2.25. The lowest BCUT2D eigenvalue weighted by atomic mass is 9.92. The van der Waals surface area contributed by atoms with Crippen LogP contribution in [0.5, 0.6) is 0 Å². The quantitative estimate of drug-likeness (QED) is 0.783. The van der Waals surface area contributed by atoms with Crippen molar-refractivity contribution in [3.05, 3.63) is 23.4 Å². The fraction of sp³-hybridized carbons (Fsp3) is 0.643. The minimum atomic E-state index is 0.525. The highest BCUT2D eigenvalue weighted by Crippen LogP contribution is 2.29. The van der Waals surface area contributed by atoms with Gasteiger partial charge in [0, 0.05) is 19.1 Å². The summed E-state index contributed by atoms with van der Waals surface area (Å²) in [4.78, 5) is 6.95. The number of pyridine rings is 1. The van der Waals surface area contributed by atoms with Crippen molar-refractivity contribution in [3.63, 3.8) is 0 Å². The van der Waals surface area contributed by atoms with Gasteiger partial charge < -0.3 is 9.64 Å². The fourth-order valence-electron chi connectivity index (χ4n) is 2.39. The van der Waals surface area contributed by atoms with Crippen LogP contribution in [0.25, 0.3) is 0 Å². The van der Waals surface area contributed by atoms with Crippen molar-refractivity contribution >= 4 is 11.8 Å². The first-order valence-electron chi connectivity index (χ1n) is 6.47. The molecule has 0 amide bonds. The van der Waals surface area contributed by atoms with Crippen molar-refractivity contribution in [2.45, 2.75) is 30.3 Å². The van der Waals surface area contributed by atoms with Crippen LogP contribution in [-0.4, -0.2) is 43.4 Å². The second-order valence-electron chi connectivity index (χ2n) is 5.04. The van der Waals surface area contributed by atoms with Crippen molar-refractivity contribution in [1.82, 2.24) is 9.88 Å². The van der Waals surface area contributed by atoms with Crippen LogP contribution in [0.3, 0.4) is 0 Å². The van der Waals surface area contributed by atoms with E-state index < -0.39 is 0 Å². The third-order valence-electron chi connectivity index (χ3n) is 3.26. The van der Waals surface area contributed by atoms with Crippen molar-refractivity contribution in [2.75, 3.05) is 33.6 Å². The molecule has 1 aliphatic heterocycles. The highest BCUT2D eigenvalue weighted by Gasteiger charge is 2.20. The third-order valence-corrected chi connectivity index (χ3v) is 3.90. The summed E-state index contributed by atoms with van der Waals surface area (Å²) < 4.78 is 5.61. The van der Waals surface area contributed by atoms with Gasteiger partial charge >= 0.3 is 0 Å². The Morgan fingerprint density at radius 2 is 2.28 bits per heavy atom. The van der Waals surface area contributed by atoms with Crippen molar-refractivity contribution in [3.8, 4) is 0 Å². The van der Waals surface area contributed by atoms with E-state index in [1.807, 2.05) is 0 Å². The molecule has 1 fully saturated rings. The number of hydrogen-bond acceptors (Lipinski definition) is 4. The summed E-state index contributed by atoms with van der Waals surface area (Å²) in [7, 11) is 4.18. The van der Waals surface area contributed by atoms with E-state index in [9.17, 15) is 0 Å². The van der Waals surface area contributed by atoms with Crippen LogP contribution >= 0.6 is 11.8 Å². The number of aromatic nitrogens is 1. The van der Waals surface area contributed by atoms with E-state index in [4.69, 9.17) is 9.72 Å². The Kier molecular flexibility index (Phi) is 5.03. The molecule has 1 saturated heterocycles. The van der Waals surface area contributed by atoms with Crippen molar-refractivity contribution < 1.29 is 4.74 Å². The van der Waals surface area contributed by atoms with Gasteiger partial charge in [0.1, 0.15) is 0 Å². The molecule has 0 radical (unpaired) electrons. The second-order valence-corrected chi connectivity index (χ2v) is 5.87. The lowest BCUT2D eigenvalue weighted by molar-refractivity contribution is 0.0798. The van der Waals surface area contributed by atoms with Crippen LogP contribution in [-0.2, 0) is 11.3 Å². The molecule has 0 bridgehead atoms. The average molecular weight is 266 g/mol.